The zero-order chi connectivity index (χ0) is 22.1. The molecule has 0 spiro atoms. The zero-order valence-corrected chi connectivity index (χ0v) is 19.3. The van der Waals surface area contributed by atoms with Crippen molar-refractivity contribution in [1.29, 1.82) is 0 Å². The Hall–Kier alpha value is -2.37. The maximum atomic E-state index is 11.5. The second-order valence-corrected chi connectivity index (χ2v) is 8.96. The molecule has 1 aromatic heterocycles. The van der Waals surface area contributed by atoms with E-state index in [1.54, 1.807) is 12.1 Å². The Morgan fingerprint density at radius 3 is 2.90 bits per heavy atom. The highest BCUT2D eigenvalue weighted by Gasteiger charge is 2.35. The second-order valence-electron chi connectivity index (χ2n) is 8.14. The minimum absolute atomic E-state index is 0.159. The number of halogens is 2. The summed E-state index contributed by atoms with van der Waals surface area (Å²) in [6.45, 7) is 9.56. The lowest BCUT2D eigenvalue weighted by Crippen LogP contribution is -2.29. The molecule has 5 nitrogen and oxygen atoms in total. The average Bonchev–Trinajstić information content (AvgIpc) is 3.16. The molecule has 162 valence electrons. The summed E-state index contributed by atoms with van der Waals surface area (Å²) < 4.78 is 0. The van der Waals surface area contributed by atoms with Crippen LogP contribution in [0.25, 0.3) is 5.70 Å². The molecule has 0 saturated carbocycles. The van der Waals surface area contributed by atoms with Crippen molar-refractivity contribution in [3.63, 3.8) is 0 Å². The van der Waals surface area contributed by atoms with Gasteiger partial charge in [0.1, 0.15) is 16.7 Å². The van der Waals surface area contributed by atoms with Gasteiger partial charge in [-0.3, -0.25) is 4.79 Å². The largest absolute Gasteiger partial charge is 0.377 e. The third-order valence-electron chi connectivity index (χ3n) is 6.06. The molecule has 31 heavy (non-hydrogen) atoms. The number of carbonyl (C=O) groups excluding carboxylic acids is 1. The number of pyridine rings is 1. The van der Waals surface area contributed by atoms with E-state index in [9.17, 15) is 4.79 Å². The first-order valence-corrected chi connectivity index (χ1v) is 11.5. The summed E-state index contributed by atoms with van der Waals surface area (Å²) >= 11 is 12.4. The Bertz CT molecular complexity index is 1070. The molecule has 0 bridgehead atoms. The van der Waals surface area contributed by atoms with E-state index in [-0.39, 0.29) is 16.9 Å². The van der Waals surface area contributed by atoms with Crippen molar-refractivity contribution in [2.75, 3.05) is 11.9 Å². The molecule has 7 heteroatoms. The van der Waals surface area contributed by atoms with Crippen LogP contribution >= 0.6 is 23.2 Å². The van der Waals surface area contributed by atoms with Crippen molar-refractivity contribution in [2.45, 2.75) is 45.6 Å². The molecule has 2 atom stereocenters. The van der Waals surface area contributed by atoms with E-state index in [1.165, 1.54) is 12.8 Å². The lowest BCUT2D eigenvalue weighted by molar-refractivity contribution is 0.112. The molecule has 2 aliphatic heterocycles. The van der Waals surface area contributed by atoms with Gasteiger partial charge in [0, 0.05) is 34.3 Å². The third-order valence-corrected chi connectivity index (χ3v) is 6.49. The second kappa shape index (κ2) is 9.01. The van der Waals surface area contributed by atoms with Crippen LogP contribution in [0.2, 0.25) is 10.2 Å². The number of benzene rings is 1. The lowest BCUT2D eigenvalue weighted by atomic mass is 9.96. The number of rotatable bonds is 7. The number of nitrogens with zero attached hydrogens (tertiary/aromatic N) is 3. The molecule has 0 aliphatic carbocycles. The van der Waals surface area contributed by atoms with Gasteiger partial charge in [-0.15, -0.1) is 0 Å². The first kappa shape index (κ1) is 21.8. The third kappa shape index (κ3) is 4.21. The van der Waals surface area contributed by atoms with Gasteiger partial charge in [-0.05, 0) is 44.0 Å². The maximum Gasteiger partial charge on any atom is 0.170 e. The highest BCUT2D eigenvalue weighted by Crippen LogP contribution is 2.44. The Balaban J connectivity index is 1.73. The van der Waals surface area contributed by atoms with E-state index in [1.807, 2.05) is 19.1 Å². The quantitative estimate of drug-likeness (QED) is 0.363. The number of nitrogens with one attached hydrogen (secondary N) is 1. The number of carbonyl (C=O) groups is 1. The van der Waals surface area contributed by atoms with Gasteiger partial charge < -0.3 is 10.2 Å². The number of hydrogen-bond donors (Lipinski definition) is 1. The minimum Gasteiger partial charge on any atom is -0.377 e. The van der Waals surface area contributed by atoms with Gasteiger partial charge in [-0.2, -0.15) is 0 Å². The number of aromatic nitrogens is 1. The topological polar surface area (TPSA) is 57.6 Å². The Morgan fingerprint density at radius 2 is 2.16 bits per heavy atom. The highest BCUT2D eigenvalue weighted by molar-refractivity contribution is 6.31. The van der Waals surface area contributed by atoms with Crippen LogP contribution in [0.3, 0.4) is 0 Å². The van der Waals surface area contributed by atoms with Gasteiger partial charge in [-0.25, -0.2) is 9.98 Å². The van der Waals surface area contributed by atoms with Crippen molar-refractivity contribution < 1.29 is 4.79 Å². The molecule has 0 radical (unpaired) electrons. The predicted octanol–water partition coefficient (Wildman–Crippen LogP) is 6.90. The average molecular weight is 457 g/mol. The number of fused-ring (bicyclic) bond motifs is 2. The summed E-state index contributed by atoms with van der Waals surface area (Å²) in [7, 11) is 0. The van der Waals surface area contributed by atoms with Gasteiger partial charge in [0.15, 0.2) is 6.29 Å². The fourth-order valence-electron chi connectivity index (χ4n) is 4.43. The molecule has 1 N–H and O–H groups in total. The number of anilines is 1. The first-order valence-electron chi connectivity index (χ1n) is 10.7. The van der Waals surface area contributed by atoms with Crippen LogP contribution in [-0.2, 0) is 0 Å². The van der Waals surface area contributed by atoms with Crippen molar-refractivity contribution in [1.82, 2.24) is 9.88 Å². The molecular formula is C24H26Cl2N4O. The monoisotopic (exact) mass is 456 g/mol. The maximum absolute atomic E-state index is 11.5. The van der Waals surface area contributed by atoms with Gasteiger partial charge in [0.2, 0.25) is 0 Å². The van der Waals surface area contributed by atoms with E-state index in [0.29, 0.717) is 22.9 Å². The lowest BCUT2D eigenvalue weighted by Gasteiger charge is -2.31. The van der Waals surface area contributed by atoms with Crippen LogP contribution < -0.4 is 5.32 Å². The summed E-state index contributed by atoms with van der Waals surface area (Å²) in [5, 5.41) is 4.29. The molecule has 2 aromatic rings. The molecule has 1 saturated heterocycles. The van der Waals surface area contributed by atoms with E-state index in [2.05, 4.69) is 28.7 Å². The summed E-state index contributed by atoms with van der Waals surface area (Å²) in [6.07, 6.45) is 5.31. The van der Waals surface area contributed by atoms with Crippen molar-refractivity contribution in [2.24, 2.45) is 10.9 Å². The Morgan fingerprint density at radius 1 is 1.35 bits per heavy atom. The van der Waals surface area contributed by atoms with E-state index in [4.69, 9.17) is 28.2 Å². The number of aldehydes is 1. The van der Waals surface area contributed by atoms with Crippen molar-refractivity contribution in [3.05, 3.63) is 57.8 Å². The molecule has 1 fully saturated rings. The normalized spacial score (nSPS) is 18.3. The highest BCUT2D eigenvalue weighted by atomic mass is 35.5. The SMILES string of the molecule is C=C1c2cc(Cl)cc(C(C)Nc3ccc(Cl)nc3C=O)c2N=C2C(CCCC)CCN12. The van der Waals surface area contributed by atoms with Gasteiger partial charge >= 0.3 is 0 Å². The number of hydrogen-bond acceptors (Lipinski definition) is 5. The number of aliphatic imine (C=N–C) groups is 1. The van der Waals surface area contributed by atoms with Gasteiger partial charge in [0.25, 0.3) is 0 Å². The summed E-state index contributed by atoms with van der Waals surface area (Å²) in [5.41, 5.74) is 4.67. The van der Waals surface area contributed by atoms with E-state index >= 15 is 0 Å². The fraction of sp³-hybridized carbons (Fsp3) is 0.375. The van der Waals surface area contributed by atoms with Gasteiger partial charge in [-0.1, -0.05) is 49.5 Å². The number of unbranched alkanes of at least 4 members (excludes halogenated alkanes) is 1. The molecule has 1 aromatic carbocycles. The fourth-order valence-corrected chi connectivity index (χ4v) is 4.81. The summed E-state index contributed by atoms with van der Waals surface area (Å²) in [4.78, 5) is 22.9. The van der Waals surface area contributed by atoms with Crippen LogP contribution in [0, 0.1) is 5.92 Å². The molecular weight excluding hydrogens is 431 g/mol. The number of amidine groups is 1. The van der Waals surface area contributed by atoms with Crippen LogP contribution in [0.1, 0.15) is 67.2 Å². The zero-order valence-electron chi connectivity index (χ0n) is 17.8. The summed E-state index contributed by atoms with van der Waals surface area (Å²) in [6, 6.07) is 7.14. The molecule has 4 rings (SSSR count). The molecule has 2 aliphatic rings. The van der Waals surface area contributed by atoms with Crippen molar-refractivity contribution in [3.8, 4) is 0 Å². The van der Waals surface area contributed by atoms with Crippen LogP contribution in [0.15, 0.2) is 35.8 Å². The molecule has 3 heterocycles. The first-order chi connectivity index (χ1) is 14.9. The minimum atomic E-state index is -0.159. The smallest absolute Gasteiger partial charge is 0.170 e. The summed E-state index contributed by atoms with van der Waals surface area (Å²) in [5.74, 6) is 1.57. The molecule has 0 amide bonds. The van der Waals surface area contributed by atoms with Crippen LogP contribution in [0.4, 0.5) is 11.4 Å². The van der Waals surface area contributed by atoms with E-state index < -0.39 is 0 Å². The Labute approximate surface area is 193 Å². The van der Waals surface area contributed by atoms with E-state index in [0.717, 1.165) is 47.7 Å². The predicted molar refractivity (Wildman–Crippen MR) is 129 cm³/mol. The van der Waals surface area contributed by atoms with Gasteiger partial charge in [0.05, 0.1) is 17.4 Å². The van der Waals surface area contributed by atoms with Crippen LogP contribution in [0.5, 0.6) is 0 Å². The standard InChI is InChI=1S/C24H26Cl2N4O/c1-4-5-6-16-9-10-30-15(3)19-12-17(25)11-18(23(19)29-24(16)30)14(2)27-20-7-8-22(26)28-21(20)13-31/h7-8,11-14,16,27H,3-6,9-10H2,1-2H3. The molecule has 2 unspecified atom stereocenters. The Kier molecular flexibility index (Phi) is 6.35. The van der Waals surface area contributed by atoms with Crippen LogP contribution in [-0.4, -0.2) is 28.6 Å². The van der Waals surface area contributed by atoms with Crippen molar-refractivity contribution >= 4 is 52.4 Å².